The number of nitrogens with one attached hydrogen (secondary N) is 1. The second-order valence-corrected chi connectivity index (χ2v) is 5.76. The average Bonchev–Trinajstić information content (AvgIpc) is 2.86. The second kappa shape index (κ2) is 6.68. The van der Waals surface area contributed by atoms with Crippen molar-refractivity contribution < 1.29 is 4.74 Å². The van der Waals surface area contributed by atoms with Gasteiger partial charge in [0.05, 0.1) is 13.2 Å². The lowest BCUT2D eigenvalue weighted by Crippen LogP contribution is -2.23. The molecular formula is C15H20N2OS. The Morgan fingerprint density at radius 1 is 1.37 bits per heavy atom. The molecule has 102 valence electrons. The van der Waals surface area contributed by atoms with E-state index in [1.54, 1.807) is 13.3 Å². The van der Waals surface area contributed by atoms with Crippen molar-refractivity contribution in [1.82, 2.24) is 10.3 Å². The van der Waals surface area contributed by atoms with Crippen molar-refractivity contribution in [2.75, 3.05) is 13.7 Å². The number of nitrogens with zero attached hydrogens (tertiary/aromatic N) is 1. The lowest BCUT2D eigenvalue weighted by molar-refractivity contribution is 0.387. The van der Waals surface area contributed by atoms with Crippen LogP contribution in [0.3, 0.4) is 0 Å². The van der Waals surface area contributed by atoms with Crippen LogP contribution in [0.5, 0.6) is 5.88 Å². The standard InChI is InChI=1S/C15H20N2OS/c1-4-9-16-14(13-8-7-11(2)19-13)12-6-5-10-17-15(12)18-3/h5-8,10,14,16H,4,9H2,1-3H3. The second-order valence-electron chi connectivity index (χ2n) is 4.44. The molecule has 0 aliphatic rings. The summed E-state index contributed by atoms with van der Waals surface area (Å²) in [5.74, 6) is 0.696. The van der Waals surface area contributed by atoms with Crippen LogP contribution in [0.4, 0.5) is 0 Å². The van der Waals surface area contributed by atoms with E-state index in [2.05, 4.69) is 42.3 Å². The molecule has 2 rings (SSSR count). The normalized spacial score (nSPS) is 12.4. The van der Waals surface area contributed by atoms with Crippen LogP contribution >= 0.6 is 11.3 Å². The molecule has 0 radical (unpaired) electrons. The summed E-state index contributed by atoms with van der Waals surface area (Å²) in [4.78, 5) is 6.92. The first-order chi connectivity index (χ1) is 9.26. The molecule has 0 aliphatic carbocycles. The first-order valence-electron chi connectivity index (χ1n) is 6.55. The van der Waals surface area contributed by atoms with Crippen molar-refractivity contribution in [2.24, 2.45) is 0 Å². The minimum Gasteiger partial charge on any atom is -0.481 e. The van der Waals surface area contributed by atoms with Crippen LogP contribution in [0.25, 0.3) is 0 Å². The number of hydrogen-bond donors (Lipinski definition) is 1. The van der Waals surface area contributed by atoms with Crippen molar-refractivity contribution in [1.29, 1.82) is 0 Å². The van der Waals surface area contributed by atoms with Crippen molar-refractivity contribution in [3.8, 4) is 5.88 Å². The van der Waals surface area contributed by atoms with Gasteiger partial charge in [-0.2, -0.15) is 0 Å². The third-order valence-corrected chi connectivity index (χ3v) is 4.01. The molecule has 0 amide bonds. The number of pyridine rings is 1. The third kappa shape index (κ3) is 3.33. The number of methoxy groups -OCH3 is 1. The topological polar surface area (TPSA) is 34.2 Å². The van der Waals surface area contributed by atoms with E-state index in [9.17, 15) is 0 Å². The van der Waals surface area contributed by atoms with E-state index in [0.717, 1.165) is 18.5 Å². The van der Waals surface area contributed by atoms with Crippen LogP contribution in [-0.2, 0) is 0 Å². The summed E-state index contributed by atoms with van der Waals surface area (Å²) < 4.78 is 5.39. The molecule has 1 atom stereocenters. The molecule has 19 heavy (non-hydrogen) atoms. The van der Waals surface area contributed by atoms with E-state index in [-0.39, 0.29) is 6.04 Å². The zero-order chi connectivity index (χ0) is 13.7. The van der Waals surface area contributed by atoms with Crippen molar-refractivity contribution >= 4 is 11.3 Å². The highest BCUT2D eigenvalue weighted by atomic mass is 32.1. The molecule has 0 fully saturated rings. The van der Waals surface area contributed by atoms with Crippen LogP contribution in [0, 0.1) is 6.92 Å². The first-order valence-corrected chi connectivity index (χ1v) is 7.36. The maximum atomic E-state index is 5.39. The zero-order valence-corrected chi connectivity index (χ0v) is 12.5. The smallest absolute Gasteiger partial charge is 0.218 e. The molecule has 2 aromatic heterocycles. The molecule has 0 spiro atoms. The number of aryl methyl sites for hydroxylation is 1. The minimum atomic E-state index is 0.155. The summed E-state index contributed by atoms with van der Waals surface area (Å²) >= 11 is 1.81. The molecule has 4 heteroatoms. The highest BCUT2D eigenvalue weighted by Gasteiger charge is 2.19. The first kappa shape index (κ1) is 14.0. The minimum absolute atomic E-state index is 0.155. The van der Waals surface area contributed by atoms with Crippen molar-refractivity contribution in [3.05, 3.63) is 45.8 Å². The molecule has 0 saturated carbocycles. The SMILES string of the molecule is CCCNC(c1ccc(C)s1)c1cccnc1OC. The van der Waals surface area contributed by atoms with Gasteiger partial charge in [-0.05, 0) is 38.1 Å². The zero-order valence-electron chi connectivity index (χ0n) is 11.6. The van der Waals surface area contributed by atoms with E-state index in [1.807, 2.05) is 17.4 Å². The molecule has 3 nitrogen and oxygen atoms in total. The molecule has 0 bridgehead atoms. The number of aromatic nitrogens is 1. The lowest BCUT2D eigenvalue weighted by Gasteiger charge is -2.19. The predicted molar refractivity (Wildman–Crippen MR) is 80.0 cm³/mol. The Morgan fingerprint density at radius 2 is 2.21 bits per heavy atom. The summed E-state index contributed by atoms with van der Waals surface area (Å²) in [6.07, 6.45) is 2.86. The van der Waals surface area contributed by atoms with E-state index in [0.29, 0.717) is 5.88 Å². The Labute approximate surface area is 118 Å². The molecule has 2 aromatic rings. The number of thiophene rings is 1. The van der Waals surface area contributed by atoms with Crippen LogP contribution < -0.4 is 10.1 Å². The Hall–Kier alpha value is -1.39. The summed E-state index contributed by atoms with van der Waals surface area (Å²) in [6, 6.07) is 8.53. The Kier molecular flexibility index (Phi) is 4.93. The highest BCUT2D eigenvalue weighted by Crippen LogP contribution is 2.32. The highest BCUT2D eigenvalue weighted by molar-refractivity contribution is 7.12. The van der Waals surface area contributed by atoms with Crippen LogP contribution in [0.2, 0.25) is 0 Å². The van der Waals surface area contributed by atoms with Crippen LogP contribution in [-0.4, -0.2) is 18.6 Å². The maximum absolute atomic E-state index is 5.39. The maximum Gasteiger partial charge on any atom is 0.218 e. The van der Waals surface area contributed by atoms with E-state index in [4.69, 9.17) is 4.74 Å². The van der Waals surface area contributed by atoms with Gasteiger partial charge in [0, 0.05) is 21.5 Å². The van der Waals surface area contributed by atoms with Gasteiger partial charge in [-0.15, -0.1) is 11.3 Å². The van der Waals surface area contributed by atoms with Gasteiger partial charge in [-0.3, -0.25) is 0 Å². The van der Waals surface area contributed by atoms with Gasteiger partial charge in [0.2, 0.25) is 5.88 Å². The Bertz CT molecular complexity index is 524. The number of rotatable bonds is 6. The van der Waals surface area contributed by atoms with Gasteiger partial charge in [0.1, 0.15) is 0 Å². The largest absolute Gasteiger partial charge is 0.481 e. The quantitative estimate of drug-likeness (QED) is 0.876. The molecular weight excluding hydrogens is 256 g/mol. The summed E-state index contributed by atoms with van der Waals surface area (Å²) in [7, 11) is 1.67. The van der Waals surface area contributed by atoms with Crippen molar-refractivity contribution in [2.45, 2.75) is 26.3 Å². The van der Waals surface area contributed by atoms with Crippen LogP contribution in [0.15, 0.2) is 30.5 Å². The van der Waals surface area contributed by atoms with Crippen molar-refractivity contribution in [3.63, 3.8) is 0 Å². The monoisotopic (exact) mass is 276 g/mol. The average molecular weight is 276 g/mol. The summed E-state index contributed by atoms with van der Waals surface area (Å²) in [5, 5.41) is 3.58. The molecule has 0 aliphatic heterocycles. The fourth-order valence-electron chi connectivity index (χ4n) is 2.05. The van der Waals surface area contributed by atoms with E-state index in [1.165, 1.54) is 9.75 Å². The fourth-order valence-corrected chi connectivity index (χ4v) is 3.03. The van der Waals surface area contributed by atoms with E-state index < -0.39 is 0 Å². The van der Waals surface area contributed by atoms with Gasteiger partial charge in [0.25, 0.3) is 0 Å². The van der Waals surface area contributed by atoms with Gasteiger partial charge >= 0.3 is 0 Å². The van der Waals surface area contributed by atoms with Gasteiger partial charge in [-0.25, -0.2) is 4.98 Å². The van der Waals surface area contributed by atoms with Gasteiger partial charge in [-0.1, -0.05) is 13.0 Å². The Morgan fingerprint density at radius 3 is 2.84 bits per heavy atom. The molecule has 0 aromatic carbocycles. The summed E-state index contributed by atoms with van der Waals surface area (Å²) in [5.41, 5.74) is 1.10. The lowest BCUT2D eigenvalue weighted by atomic mass is 10.1. The number of hydrogen-bond acceptors (Lipinski definition) is 4. The number of ether oxygens (including phenoxy) is 1. The fraction of sp³-hybridized carbons (Fsp3) is 0.400. The van der Waals surface area contributed by atoms with Gasteiger partial charge < -0.3 is 10.1 Å². The van der Waals surface area contributed by atoms with Gasteiger partial charge in [0.15, 0.2) is 0 Å². The predicted octanol–water partition coefficient (Wildman–Crippen LogP) is 3.55. The molecule has 2 heterocycles. The molecule has 0 saturated heterocycles. The molecule has 1 unspecified atom stereocenters. The van der Waals surface area contributed by atoms with E-state index >= 15 is 0 Å². The Balaban J connectivity index is 2.36. The van der Waals surface area contributed by atoms with Crippen LogP contribution in [0.1, 0.15) is 34.7 Å². The third-order valence-electron chi connectivity index (χ3n) is 2.95. The summed E-state index contributed by atoms with van der Waals surface area (Å²) in [6.45, 7) is 5.27. The molecule has 1 N–H and O–H groups in total.